The van der Waals surface area contributed by atoms with E-state index in [9.17, 15) is 18.0 Å². The van der Waals surface area contributed by atoms with Crippen molar-refractivity contribution >= 4 is 5.91 Å². The second-order valence-corrected chi connectivity index (χ2v) is 4.46. The van der Waals surface area contributed by atoms with E-state index in [0.717, 1.165) is 19.2 Å². The molecular formula is C13H15F3N2O3. The number of morpholine rings is 1. The zero-order chi connectivity index (χ0) is 15.2. The van der Waals surface area contributed by atoms with Gasteiger partial charge in [-0.05, 0) is 12.1 Å². The molecule has 0 atom stereocenters. The van der Waals surface area contributed by atoms with E-state index in [1.165, 1.54) is 0 Å². The first-order chi connectivity index (χ1) is 10.1. The highest BCUT2D eigenvalue weighted by molar-refractivity contribution is 5.93. The number of carbonyl (C=O) groups excluding carboxylic acids is 1. The molecule has 1 aliphatic rings. The van der Waals surface area contributed by atoms with Crippen LogP contribution in [0.2, 0.25) is 0 Å². The van der Waals surface area contributed by atoms with Crippen LogP contribution in [-0.4, -0.2) is 50.3 Å². The van der Waals surface area contributed by atoms with Crippen LogP contribution in [0.15, 0.2) is 12.1 Å². The topological polar surface area (TPSA) is 50.8 Å². The van der Waals surface area contributed by atoms with Crippen molar-refractivity contribution in [3.05, 3.63) is 35.1 Å². The molecule has 0 unspecified atom stereocenters. The van der Waals surface area contributed by atoms with Crippen LogP contribution >= 0.6 is 0 Å². The summed E-state index contributed by atoms with van der Waals surface area (Å²) < 4.78 is 44.3. The fraction of sp³-hybridized carbons (Fsp3) is 0.462. The quantitative estimate of drug-likeness (QED) is 0.503. The van der Waals surface area contributed by atoms with Gasteiger partial charge in [0.1, 0.15) is 0 Å². The largest absolute Gasteiger partial charge is 0.379 e. The monoisotopic (exact) mass is 304 g/mol. The number of amides is 1. The van der Waals surface area contributed by atoms with Crippen molar-refractivity contribution in [1.29, 1.82) is 0 Å². The Morgan fingerprint density at radius 2 is 1.95 bits per heavy atom. The maximum absolute atomic E-state index is 13.4. The van der Waals surface area contributed by atoms with Gasteiger partial charge >= 0.3 is 0 Å². The van der Waals surface area contributed by atoms with Crippen LogP contribution in [0.1, 0.15) is 10.4 Å². The van der Waals surface area contributed by atoms with Gasteiger partial charge in [0.2, 0.25) is 0 Å². The molecular weight excluding hydrogens is 289 g/mol. The molecule has 0 radical (unpaired) electrons. The first kappa shape index (κ1) is 15.7. The normalized spacial score (nSPS) is 16.0. The molecule has 8 heteroatoms. The van der Waals surface area contributed by atoms with Crippen molar-refractivity contribution in [2.45, 2.75) is 0 Å². The number of halogens is 3. The highest BCUT2D eigenvalue weighted by Gasteiger charge is 2.19. The molecule has 1 aliphatic heterocycles. The molecule has 1 fully saturated rings. The number of nitrogens with zero attached hydrogens (tertiary/aromatic N) is 1. The van der Waals surface area contributed by atoms with E-state index in [4.69, 9.17) is 9.57 Å². The molecule has 0 saturated carbocycles. The van der Waals surface area contributed by atoms with Gasteiger partial charge in [-0.1, -0.05) is 0 Å². The fourth-order valence-corrected chi connectivity index (χ4v) is 1.87. The molecule has 2 rings (SSSR count). The lowest BCUT2D eigenvalue weighted by molar-refractivity contribution is -0.00193. The summed E-state index contributed by atoms with van der Waals surface area (Å²) in [6, 6.07) is 1.54. The minimum atomic E-state index is -1.68. The lowest BCUT2D eigenvalue weighted by Crippen LogP contribution is -2.39. The predicted octanol–water partition coefficient (Wildman–Crippen LogP) is 1.10. The number of hydrogen-bond acceptors (Lipinski definition) is 4. The average Bonchev–Trinajstić information content (AvgIpc) is 2.50. The van der Waals surface area contributed by atoms with Gasteiger partial charge in [0.15, 0.2) is 17.5 Å². The molecule has 5 nitrogen and oxygen atoms in total. The molecule has 0 aliphatic carbocycles. The predicted molar refractivity (Wildman–Crippen MR) is 67.0 cm³/mol. The zero-order valence-corrected chi connectivity index (χ0v) is 11.2. The van der Waals surface area contributed by atoms with E-state index < -0.39 is 28.9 Å². The Kier molecular flexibility index (Phi) is 5.54. The Hall–Kier alpha value is -1.64. The van der Waals surface area contributed by atoms with Crippen LogP contribution in [0, 0.1) is 17.5 Å². The van der Waals surface area contributed by atoms with Crippen molar-refractivity contribution in [1.82, 2.24) is 10.4 Å². The van der Waals surface area contributed by atoms with Gasteiger partial charge < -0.3 is 4.74 Å². The van der Waals surface area contributed by atoms with E-state index in [2.05, 4.69) is 4.90 Å². The van der Waals surface area contributed by atoms with Crippen LogP contribution in [0.4, 0.5) is 13.2 Å². The number of nitrogens with one attached hydrogen (secondary N) is 1. The molecule has 21 heavy (non-hydrogen) atoms. The van der Waals surface area contributed by atoms with Gasteiger partial charge in [-0.2, -0.15) is 0 Å². The summed E-state index contributed by atoms with van der Waals surface area (Å²) in [4.78, 5) is 18.6. The molecule has 116 valence electrons. The molecule has 1 heterocycles. The number of hydroxylamine groups is 1. The third kappa shape index (κ3) is 4.16. The summed E-state index contributed by atoms with van der Waals surface area (Å²) in [7, 11) is 0. The Bertz CT molecular complexity index is 508. The highest BCUT2D eigenvalue weighted by atomic mass is 19.2. The Morgan fingerprint density at radius 1 is 1.24 bits per heavy atom. The Labute approximate surface area is 119 Å². The molecule has 1 N–H and O–H groups in total. The minimum absolute atomic E-state index is 0.192. The Balaban J connectivity index is 1.78. The number of hydrogen-bond donors (Lipinski definition) is 1. The third-order valence-electron chi connectivity index (χ3n) is 3.06. The van der Waals surface area contributed by atoms with Crippen LogP contribution in [-0.2, 0) is 9.57 Å². The van der Waals surface area contributed by atoms with E-state index in [-0.39, 0.29) is 6.61 Å². The summed E-state index contributed by atoms with van der Waals surface area (Å²) in [5.74, 6) is -5.54. The molecule has 0 bridgehead atoms. The van der Waals surface area contributed by atoms with Gasteiger partial charge in [0, 0.05) is 19.6 Å². The smallest absolute Gasteiger partial charge is 0.277 e. The van der Waals surface area contributed by atoms with Crippen LogP contribution in [0.3, 0.4) is 0 Å². The summed E-state index contributed by atoms with van der Waals surface area (Å²) in [6.07, 6.45) is 0. The molecule has 0 aromatic heterocycles. The molecule has 0 spiro atoms. The second kappa shape index (κ2) is 7.39. The number of rotatable bonds is 5. The SMILES string of the molecule is O=C(NOCCN1CCOCC1)c1ccc(F)c(F)c1F. The average molecular weight is 304 g/mol. The minimum Gasteiger partial charge on any atom is -0.379 e. The maximum Gasteiger partial charge on any atom is 0.277 e. The second-order valence-electron chi connectivity index (χ2n) is 4.46. The lowest BCUT2D eigenvalue weighted by atomic mass is 10.2. The summed E-state index contributed by atoms with van der Waals surface area (Å²) >= 11 is 0. The first-order valence-electron chi connectivity index (χ1n) is 6.45. The first-order valence-corrected chi connectivity index (χ1v) is 6.45. The van der Waals surface area contributed by atoms with Gasteiger partial charge in [0.25, 0.3) is 5.91 Å². The van der Waals surface area contributed by atoms with E-state index in [0.29, 0.717) is 25.8 Å². The third-order valence-corrected chi connectivity index (χ3v) is 3.06. The molecule has 1 saturated heterocycles. The number of carbonyl (C=O) groups is 1. The van der Waals surface area contributed by atoms with E-state index in [1.54, 1.807) is 0 Å². The summed E-state index contributed by atoms with van der Waals surface area (Å²) in [5, 5.41) is 0. The molecule has 1 aromatic carbocycles. The number of benzene rings is 1. The fourth-order valence-electron chi connectivity index (χ4n) is 1.87. The van der Waals surface area contributed by atoms with Crippen molar-refractivity contribution in [3.63, 3.8) is 0 Å². The van der Waals surface area contributed by atoms with Crippen molar-refractivity contribution < 1.29 is 27.5 Å². The van der Waals surface area contributed by atoms with Gasteiger partial charge in [-0.25, -0.2) is 18.7 Å². The van der Waals surface area contributed by atoms with Crippen molar-refractivity contribution in [2.24, 2.45) is 0 Å². The summed E-state index contributed by atoms with van der Waals surface area (Å²) in [5.41, 5.74) is 1.39. The van der Waals surface area contributed by atoms with Crippen molar-refractivity contribution in [2.75, 3.05) is 39.5 Å². The van der Waals surface area contributed by atoms with E-state index >= 15 is 0 Å². The zero-order valence-electron chi connectivity index (χ0n) is 11.2. The molecule has 1 aromatic rings. The van der Waals surface area contributed by atoms with Gasteiger partial charge in [-0.15, -0.1) is 0 Å². The van der Waals surface area contributed by atoms with Crippen LogP contribution < -0.4 is 5.48 Å². The summed E-state index contributed by atoms with van der Waals surface area (Å²) in [6.45, 7) is 3.60. The molecule has 1 amide bonds. The highest BCUT2D eigenvalue weighted by Crippen LogP contribution is 2.14. The Morgan fingerprint density at radius 3 is 2.67 bits per heavy atom. The van der Waals surface area contributed by atoms with Crippen LogP contribution in [0.25, 0.3) is 0 Å². The van der Waals surface area contributed by atoms with Gasteiger partial charge in [-0.3, -0.25) is 14.5 Å². The maximum atomic E-state index is 13.4. The van der Waals surface area contributed by atoms with Crippen LogP contribution in [0.5, 0.6) is 0 Å². The lowest BCUT2D eigenvalue weighted by Gasteiger charge is -2.26. The van der Waals surface area contributed by atoms with Crippen molar-refractivity contribution in [3.8, 4) is 0 Å². The van der Waals surface area contributed by atoms with E-state index in [1.807, 2.05) is 5.48 Å². The standard InChI is InChI=1S/C13H15F3N2O3/c14-10-2-1-9(11(15)12(10)16)13(19)17-21-8-5-18-3-6-20-7-4-18/h1-2H,3-8H2,(H,17,19). The van der Waals surface area contributed by atoms with Gasteiger partial charge in [0.05, 0.1) is 25.4 Å². The number of ether oxygens (including phenoxy) is 1.